The van der Waals surface area contributed by atoms with E-state index in [0.29, 0.717) is 18.1 Å². The number of nitrogens with one attached hydrogen (secondary N) is 1. The van der Waals surface area contributed by atoms with Crippen LogP contribution in [0.4, 0.5) is 5.69 Å². The summed E-state index contributed by atoms with van der Waals surface area (Å²) in [5, 5.41) is 3.00. The highest BCUT2D eigenvalue weighted by atomic mass is 16.1. The highest BCUT2D eigenvalue weighted by molar-refractivity contribution is 5.91. The lowest BCUT2D eigenvalue weighted by molar-refractivity contribution is -0.117. The van der Waals surface area contributed by atoms with Crippen molar-refractivity contribution in [2.24, 2.45) is 5.92 Å². The van der Waals surface area contributed by atoms with Gasteiger partial charge in [0.2, 0.25) is 11.7 Å². The number of benzene rings is 1. The number of rotatable bonds is 4. The monoisotopic (exact) mass is 320 g/mol. The van der Waals surface area contributed by atoms with Crippen LogP contribution in [0.15, 0.2) is 48.9 Å². The fraction of sp³-hybridized carbons (Fsp3) is 0.316. The number of nitrogens with zero attached hydrogens (tertiary/aromatic N) is 3. The Morgan fingerprint density at radius 1 is 1.21 bits per heavy atom. The first-order valence-electron chi connectivity index (χ1n) is 8.48. The van der Waals surface area contributed by atoms with E-state index in [0.717, 1.165) is 16.9 Å². The van der Waals surface area contributed by atoms with Crippen molar-refractivity contribution in [2.45, 2.75) is 32.1 Å². The number of amides is 1. The molecule has 1 amide bonds. The Morgan fingerprint density at radius 2 is 2.00 bits per heavy atom. The third-order valence-electron chi connectivity index (χ3n) is 4.65. The normalized spacial score (nSPS) is 15.0. The zero-order valence-electron chi connectivity index (χ0n) is 13.5. The van der Waals surface area contributed by atoms with Crippen molar-refractivity contribution in [3.63, 3.8) is 0 Å². The number of carbonyl (C=O) groups is 1. The van der Waals surface area contributed by atoms with E-state index in [1.807, 2.05) is 47.1 Å². The van der Waals surface area contributed by atoms with E-state index in [2.05, 4.69) is 15.3 Å². The summed E-state index contributed by atoms with van der Waals surface area (Å²) in [5.74, 6) is 1.36. The lowest BCUT2D eigenvalue weighted by Gasteiger charge is -2.09. The van der Waals surface area contributed by atoms with Crippen molar-refractivity contribution < 1.29 is 4.79 Å². The van der Waals surface area contributed by atoms with Crippen molar-refractivity contribution in [1.82, 2.24) is 14.4 Å². The maximum Gasteiger partial charge on any atom is 0.234 e. The zero-order chi connectivity index (χ0) is 16.4. The average Bonchev–Trinajstić information content (AvgIpc) is 3.24. The molecule has 0 atom stereocenters. The number of fused-ring (bicyclic) bond motifs is 1. The van der Waals surface area contributed by atoms with Gasteiger partial charge in [-0.25, -0.2) is 9.97 Å². The van der Waals surface area contributed by atoms with Gasteiger partial charge < -0.3 is 5.32 Å². The van der Waals surface area contributed by atoms with Crippen molar-refractivity contribution in [3.05, 3.63) is 48.9 Å². The average molecular weight is 320 g/mol. The van der Waals surface area contributed by atoms with Gasteiger partial charge >= 0.3 is 0 Å². The molecule has 1 aromatic carbocycles. The SMILES string of the molecule is O=C(CC1CCCC1)Nc1ccc(-c2cn3cccnc3n2)cc1. The molecule has 1 aliphatic carbocycles. The van der Waals surface area contributed by atoms with E-state index in [1.54, 1.807) is 6.20 Å². The third kappa shape index (κ3) is 3.15. The first kappa shape index (κ1) is 14.9. The number of hydrogen-bond donors (Lipinski definition) is 1. The molecule has 3 aromatic rings. The Balaban J connectivity index is 1.45. The Kier molecular flexibility index (Phi) is 3.99. The second-order valence-electron chi connectivity index (χ2n) is 6.43. The summed E-state index contributed by atoms with van der Waals surface area (Å²) < 4.78 is 1.90. The maximum absolute atomic E-state index is 12.1. The van der Waals surface area contributed by atoms with Crippen molar-refractivity contribution in [1.29, 1.82) is 0 Å². The number of anilines is 1. The Labute approximate surface area is 140 Å². The molecule has 5 heteroatoms. The lowest BCUT2D eigenvalue weighted by Crippen LogP contribution is -2.14. The van der Waals surface area contributed by atoms with Gasteiger partial charge in [0.05, 0.1) is 5.69 Å². The number of hydrogen-bond acceptors (Lipinski definition) is 3. The Morgan fingerprint density at radius 3 is 2.75 bits per heavy atom. The van der Waals surface area contributed by atoms with E-state index in [9.17, 15) is 4.79 Å². The molecule has 0 spiro atoms. The largest absolute Gasteiger partial charge is 0.326 e. The minimum absolute atomic E-state index is 0.117. The minimum Gasteiger partial charge on any atom is -0.326 e. The molecule has 1 N–H and O–H groups in total. The smallest absolute Gasteiger partial charge is 0.234 e. The molecule has 0 bridgehead atoms. The van der Waals surface area contributed by atoms with Crippen molar-refractivity contribution in [2.75, 3.05) is 5.32 Å². The van der Waals surface area contributed by atoms with Crippen LogP contribution in [-0.4, -0.2) is 20.3 Å². The van der Waals surface area contributed by atoms with Crippen LogP contribution in [0.5, 0.6) is 0 Å². The van der Waals surface area contributed by atoms with Crippen LogP contribution in [0.3, 0.4) is 0 Å². The summed E-state index contributed by atoms with van der Waals surface area (Å²) in [4.78, 5) is 20.8. The summed E-state index contributed by atoms with van der Waals surface area (Å²) >= 11 is 0. The van der Waals surface area contributed by atoms with Gasteiger partial charge in [-0.15, -0.1) is 0 Å². The molecular weight excluding hydrogens is 300 g/mol. The van der Waals surface area contributed by atoms with Gasteiger partial charge in [-0.05, 0) is 37.0 Å². The second kappa shape index (κ2) is 6.43. The number of carbonyl (C=O) groups excluding carboxylic acids is 1. The zero-order valence-corrected chi connectivity index (χ0v) is 13.5. The van der Waals surface area contributed by atoms with Gasteiger partial charge in [0.25, 0.3) is 0 Å². The predicted octanol–water partition coefficient (Wildman–Crippen LogP) is 3.92. The van der Waals surface area contributed by atoms with Gasteiger partial charge in [-0.2, -0.15) is 0 Å². The predicted molar refractivity (Wildman–Crippen MR) is 93.6 cm³/mol. The molecule has 2 aromatic heterocycles. The van der Waals surface area contributed by atoms with E-state index in [-0.39, 0.29) is 5.91 Å². The molecule has 122 valence electrons. The molecule has 0 aliphatic heterocycles. The summed E-state index contributed by atoms with van der Waals surface area (Å²) in [7, 11) is 0. The molecule has 24 heavy (non-hydrogen) atoms. The van der Waals surface area contributed by atoms with E-state index in [1.165, 1.54) is 25.7 Å². The van der Waals surface area contributed by atoms with Gasteiger partial charge in [-0.3, -0.25) is 9.20 Å². The van der Waals surface area contributed by atoms with Gasteiger partial charge in [0.1, 0.15) is 0 Å². The number of aromatic nitrogens is 3. The molecule has 2 heterocycles. The maximum atomic E-state index is 12.1. The van der Waals surface area contributed by atoms with Crippen LogP contribution in [0.2, 0.25) is 0 Å². The van der Waals surface area contributed by atoms with Gasteiger partial charge in [-0.1, -0.05) is 25.0 Å². The van der Waals surface area contributed by atoms with Crippen molar-refractivity contribution in [3.8, 4) is 11.3 Å². The highest BCUT2D eigenvalue weighted by Crippen LogP contribution is 2.28. The van der Waals surface area contributed by atoms with Crippen LogP contribution < -0.4 is 5.32 Å². The summed E-state index contributed by atoms with van der Waals surface area (Å²) in [5.41, 5.74) is 2.72. The molecule has 0 radical (unpaired) electrons. The molecule has 1 saturated carbocycles. The molecule has 0 saturated heterocycles. The quantitative estimate of drug-likeness (QED) is 0.792. The van der Waals surface area contributed by atoms with E-state index < -0.39 is 0 Å². The van der Waals surface area contributed by atoms with Crippen LogP contribution in [0, 0.1) is 5.92 Å². The fourth-order valence-corrected chi connectivity index (χ4v) is 3.38. The van der Waals surface area contributed by atoms with E-state index in [4.69, 9.17) is 0 Å². The molecule has 0 unspecified atom stereocenters. The molecule has 4 rings (SSSR count). The molecule has 1 aliphatic rings. The Hall–Kier alpha value is -2.69. The minimum atomic E-state index is 0.117. The van der Waals surface area contributed by atoms with Crippen LogP contribution >= 0.6 is 0 Å². The standard InChI is InChI=1S/C19H20N4O/c24-18(12-14-4-1-2-5-14)21-16-8-6-15(7-9-16)17-13-23-11-3-10-20-19(23)22-17/h3,6-11,13-14H,1-2,4-5,12H2,(H,21,24). The van der Waals surface area contributed by atoms with Crippen LogP contribution in [0.25, 0.3) is 17.0 Å². The van der Waals surface area contributed by atoms with Gasteiger partial charge in [0.15, 0.2) is 0 Å². The topological polar surface area (TPSA) is 59.3 Å². The molecule has 5 nitrogen and oxygen atoms in total. The molecular formula is C19H20N4O. The summed E-state index contributed by atoms with van der Waals surface area (Å²) in [6, 6.07) is 9.69. The van der Waals surface area contributed by atoms with E-state index >= 15 is 0 Å². The van der Waals surface area contributed by atoms with Crippen molar-refractivity contribution >= 4 is 17.4 Å². The highest BCUT2D eigenvalue weighted by Gasteiger charge is 2.18. The first-order chi connectivity index (χ1) is 11.8. The lowest BCUT2D eigenvalue weighted by atomic mass is 10.0. The number of imidazole rings is 1. The van der Waals surface area contributed by atoms with Gasteiger partial charge in [0, 0.05) is 36.3 Å². The third-order valence-corrected chi connectivity index (χ3v) is 4.65. The Bertz CT molecular complexity index is 814. The summed E-state index contributed by atoms with van der Waals surface area (Å²) in [6.45, 7) is 0. The summed E-state index contributed by atoms with van der Waals surface area (Å²) in [6.07, 6.45) is 11.2. The second-order valence-corrected chi connectivity index (χ2v) is 6.43. The van der Waals surface area contributed by atoms with Crippen LogP contribution in [-0.2, 0) is 4.79 Å². The first-order valence-corrected chi connectivity index (χ1v) is 8.48. The molecule has 1 fully saturated rings. The fourth-order valence-electron chi connectivity index (χ4n) is 3.38. The van der Waals surface area contributed by atoms with Crippen LogP contribution in [0.1, 0.15) is 32.1 Å².